The number of carbonyl (C=O) groups excluding carboxylic acids is 2. The summed E-state index contributed by atoms with van der Waals surface area (Å²) in [5, 5.41) is 5.33. The molecule has 156 valence electrons. The van der Waals surface area contributed by atoms with Crippen molar-refractivity contribution in [3.63, 3.8) is 0 Å². The third-order valence-corrected chi connectivity index (χ3v) is 5.74. The molecule has 2 heterocycles. The maximum absolute atomic E-state index is 12.6. The quantitative estimate of drug-likeness (QED) is 0.594. The molecule has 1 amide bonds. The molecule has 1 atom stereocenters. The van der Waals surface area contributed by atoms with Crippen LogP contribution in [0.1, 0.15) is 36.2 Å². The highest BCUT2D eigenvalue weighted by Crippen LogP contribution is 2.22. The van der Waals surface area contributed by atoms with Gasteiger partial charge in [0.05, 0.1) is 17.8 Å². The van der Waals surface area contributed by atoms with Crippen molar-refractivity contribution in [3.05, 3.63) is 60.3 Å². The second kappa shape index (κ2) is 9.11. The minimum Gasteiger partial charge on any atom is -0.494 e. The van der Waals surface area contributed by atoms with Crippen molar-refractivity contribution in [1.82, 2.24) is 14.7 Å². The Morgan fingerprint density at radius 1 is 1.03 bits per heavy atom. The van der Waals surface area contributed by atoms with E-state index in [4.69, 9.17) is 4.74 Å². The van der Waals surface area contributed by atoms with Crippen LogP contribution in [0.15, 0.2) is 54.6 Å². The molecule has 0 saturated carbocycles. The zero-order valence-electron chi connectivity index (χ0n) is 17.3. The molecule has 0 bridgehead atoms. The van der Waals surface area contributed by atoms with E-state index >= 15 is 0 Å². The molecule has 6 heteroatoms. The minimum atomic E-state index is -0.139. The topological polar surface area (TPSA) is 64.4 Å². The first kappa shape index (κ1) is 20.1. The van der Waals surface area contributed by atoms with Crippen LogP contribution in [0.5, 0.6) is 5.75 Å². The van der Waals surface area contributed by atoms with Gasteiger partial charge in [0.2, 0.25) is 11.8 Å². The monoisotopic (exact) mass is 405 g/mol. The lowest BCUT2D eigenvalue weighted by Crippen LogP contribution is -2.29. The van der Waals surface area contributed by atoms with E-state index in [1.54, 1.807) is 0 Å². The normalized spacial score (nSPS) is 16.2. The smallest absolute Gasteiger partial charge is 0.247 e. The maximum atomic E-state index is 12.6. The van der Waals surface area contributed by atoms with Gasteiger partial charge in [-0.15, -0.1) is 0 Å². The predicted octanol–water partition coefficient (Wildman–Crippen LogP) is 4.08. The van der Waals surface area contributed by atoms with Gasteiger partial charge >= 0.3 is 0 Å². The fraction of sp³-hybridized carbons (Fsp3) is 0.375. The van der Waals surface area contributed by atoms with Gasteiger partial charge in [0.25, 0.3) is 0 Å². The second-order valence-corrected chi connectivity index (χ2v) is 7.85. The van der Waals surface area contributed by atoms with Gasteiger partial charge in [0.15, 0.2) is 0 Å². The molecule has 0 radical (unpaired) electrons. The van der Waals surface area contributed by atoms with E-state index in [2.05, 4.69) is 5.10 Å². The molecule has 1 unspecified atom stereocenters. The van der Waals surface area contributed by atoms with Crippen LogP contribution in [0.25, 0.3) is 10.9 Å². The number of fused-ring (bicyclic) bond motifs is 1. The molecule has 30 heavy (non-hydrogen) atoms. The summed E-state index contributed by atoms with van der Waals surface area (Å²) in [5.74, 6) is 1.23. The van der Waals surface area contributed by atoms with E-state index in [1.807, 2.05) is 66.4 Å². The number of amides is 1. The lowest BCUT2D eigenvalue weighted by atomic mass is 10.1. The molecule has 1 aromatic heterocycles. The molecule has 1 aliphatic heterocycles. The molecule has 1 aliphatic rings. The lowest BCUT2D eigenvalue weighted by molar-refractivity contribution is -0.130. The molecule has 2 aromatic carbocycles. The molecule has 0 spiro atoms. The highest BCUT2D eigenvalue weighted by atomic mass is 16.5. The van der Waals surface area contributed by atoms with Crippen LogP contribution in [0.4, 0.5) is 0 Å². The van der Waals surface area contributed by atoms with Crippen LogP contribution >= 0.6 is 0 Å². The fourth-order valence-electron chi connectivity index (χ4n) is 4.04. The Hall–Kier alpha value is -3.15. The Balaban J connectivity index is 1.24. The Morgan fingerprint density at radius 2 is 1.77 bits per heavy atom. The van der Waals surface area contributed by atoms with E-state index in [9.17, 15) is 9.59 Å². The highest BCUT2D eigenvalue weighted by molar-refractivity contribution is 5.93. The van der Waals surface area contributed by atoms with Crippen molar-refractivity contribution in [3.8, 4) is 5.75 Å². The average Bonchev–Trinajstić information content (AvgIpc) is 3.38. The van der Waals surface area contributed by atoms with Crippen molar-refractivity contribution in [2.75, 3.05) is 19.7 Å². The summed E-state index contributed by atoms with van der Waals surface area (Å²) in [4.78, 5) is 27.1. The zero-order chi connectivity index (χ0) is 20.9. The van der Waals surface area contributed by atoms with E-state index < -0.39 is 0 Å². The summed E-state index contributed by atoms with van der Waals surface area (Å²) in [5.41, 5.74) is 1.62. The second-order valence-electron chi connectivity index (χ2n) is 7.85. The third kappa shape index (κ3) is 4.53. The number of carbonyl (C=O) groups is 2. The van der Waals surface area contributed by atoms with E-state index in [0.29, 0.717) is 12.5 Å². The number of benzene rings is 2. The number of hydrogen-bond donors (Lipinski definition) is 0. The Kier molecular flexibility index (Phi) is 6.12. The molecule has 0 N–H and O–H groups in total. The number of ether oxygens (including phenoxy) is 1. The number of hydrogen-bond acceptors (Lipinski definition) is 4. The summed E-state index contributed by atoms with van der Waals surface area (Å²) in [6, 6.07) is 17.5. The largest absolute Gasteiger partial charge is 0.494 e. The number of para-hydroxylation sites is 2. The van der Waals surface area contributed by atoms with Gasteiger partial charge in [-0.1, -0.05) is 36.4 Å². The van der Waals surface area contributed by atoms with E-state index in [-0.39, 0.29) is 24.7 Å². The summed E-state index contributed by atoms with van der Waals surface area (Å²) in [6.07, 6.45) is 2.30. The van der Waals surface area contributed by atoms with Gasteiger partial charge in [-0.2, -0.15) is 9.78 Å². The maximum Gasteiger partial charge on any atom is 0.247 e. The Morgan fingerprint density at radius 3 is 2.60 bits per heavy atom. The zero-order valence-corrected chi connectivity index (χ0v) is 17.3. The van der Waals surface area contributed by atoms with Gasteiger partial charge in [0.1, 0.15) is 5.75 Å². The van der Waals surface area contributed by atoms with Crippen molar-refractivity contribution in [2.24, 2.45) is 5.92 Å². The molecule has 4 rings (SSSR count). The predicted molar refractivity (Wildman–Crippen MR) is 116 cm³/mol. The number of likely N-dealkylation sites (tertiary alicyclic amines) is 1. The number of rotatable bonds is 7. The molecule has 1 fully saturated rings. The minimum absolute atomic E-state index is 0.0445. The van der Waals surface area contributed by atoms with Crippen LogP contribution in [-0.4, -0.2) is 46.2 Å². The molecule has 0 aliphatic carbocycles. The van der Waals surface area contributed by atoms with Crippen molar-refractivity contribution in [2.45, 2.75) is 32.6 Å². The molecule has 6 nitrogen and oxygen atoms in total. The Bertz CT molecular complexity index is 1030. The molecule has 3 aromatic rings. The first-order valence-corrected chi connectivity index (χ1v) is 10.5. The van der Waals surface area contributed by atoms with Crippen LogP contribution in [0.2, 0.25) is 0 Å². The first-order chi connectivity index (χ1) is 14.6. The summed E-state index contributed by atoms with van der Waals surface area (Å²) < 4.78 is 7.21. The first-order valence-electron chi connectivity index (χ1n) is 10.5. The molecule has 1 saturated heterocycles. The Labute approximate surface area is 176 Å². The SMILES string of the molecule is Cc1nn(C(=O)CCC(=O)N2CCC(CCOc3ccccc3)C2)c2ccccc12. The lowest BCUT2D eigenvalue weighted by Gasteiger charge is -2.16. The standard InChI is InChI=1S/C24H27N3O3/c1-18-21-9-5-6-10-22(21)27(25-18)24(29)12-11-23(28)26-15-13-19(17-26)14-16-30-20-7-3-2-4-8-20/h2-10,19H,11-17H2,1H3. The average molecular weight is 405 g/mol. The van der Waals surface area contributed by atoms with Gasteiger partial charge in [-0.25, -0.2) is 0 Å². The van der Waals surface area contributed by atoms with Crippen LogP contribution in [-0.2, 0) is 4.79 Å². The fourth-order valence-corrected chi connectivity index (χ4v) is 4.04. The number of aromatic nitrogens is 2. The van der Waals surface area contributed by atoms with Crippen molar-refractivity contribution in [1.29, 1.82) is 0 Å². The molecular formula is C24H27N3O3. The van der Waals surface area contributed by atoms with Crippen LogP contribution in [0.3, 0.4) is 0 Å². The van der Waals surface area contributed by atoms with Gasteiger partial charge in [-0.3, -0.25) is 9.59 Å². The molecular weight excluding hydrogens is 378 g/mol. The third-order valence-electron chi connectivity index (χ3n) is 5.74. The highest BCUT2D eigenvalue weighted by Gasteiger charge is 2.26. The van der Waals surface area contributed by atoms with E-state index in [0.717, 1.165) is 48.3 Å². The van der Waals surface area contributed by atoms with Gasteiger partial charge in [0, 0.05) is 31.3 Å². The van der Waals surface area contributed by atoms with Gasteiger partial charge in [-0.05, 0) is 43.9 Å². The van der Waals surface area contributed by atoms with Gasteiger partial charge < -0.3 is 9.64 Å². The van der Waals surface area contributed by atoms with Crippen molar-refractivity contribution < 1.29 is 14.3 Å². The number of aryl methyl sites for hydroxylation is 1. The van der Waals surface area contributed by atoms with E-state index in [1.165, 1.54) is 4.68 Å². The van der Waals surface area contributed by atoms with Crippen molar-refractivity contribution >= 4 is 22.7 Å². The summed E-state index contributed by atoms with van der Waals surface area (Å²) >= 11 is 0. The summed E-state index contributed by atoms with van der Waals surface area (Å²) in [7, 11) is 0. The van der Waals surface area contributed by atoms with Crippen LogP contribution < -0.4 is 4.74 Å². The summed E-state index contributed by atoms with van der Waals surface area (Å²) in [6.45, 7) is 4.05. The number of nitrogens with zero attached hydrogens (tertiary/aromatic N) is 3. The van der Waals surface area contributed by atoms with Crippen LogP contribution in [0, 0.1) is 12.8 Å².